The van der Waals surface area contributed by atoms with Crippen molar-refractivity contribution in [1.29, 1.82) is 0 Å². The third-order valence-corrected chi connectivity index (χ3v) is 2.42. The summed E-state index contributed by atoms with van der Waals surface area (Å²) in [6.07, 6.45) is -0.724. The van der Waals surface area contributed by atoms with E-state index in [1.807, 2.05) is 0 Å². The van der Waals surface area contributed by atoms with Crippen molar-refractivity contribution in [3.63, 3.8) is 0 Å². The lowest BCUT2D eigenvalue weighted by Crippen LogP contribution is -2.38. The molecule has 3 N–H and O–H groups in total. The van der Waals surface area contributed by atoms with Crippen molar-refractivity contribution >= 4 is 17.5 Å². The highest BCUT2D eigenvalue weighted by atomic mass is 16.5. The van der Waals surface area contributed by atoms with Crippen LogP contribution in [0.1, 0.15) is 6.92 Å². The van der Waals surface area contributed by atoms with E-state index in [1.54, 1.807) is 18.2 Å². The lowest BCUT2D eigenvalue weighted by molar-refractivity contribution is -0.136. The van der Waals surface area contributed by atoms with Gasteiger partial charge in [-0.05, 0) is 19.1 Å². The maximum Gasteiger partial charge on any atom is 0.313 e. The van der Waals surface area contributed by atoms with Crippen LogP contribution in [0.25, 0.3) is 0 Å². The summed E-state index contributed by atoms with van der Waals surface area (Å²) in [5.41, 5.74) is 0.323. The lowest BCUT2D eigenvalue weighted by atomic mass is 10.2. The highest BCUT2D eigenvalue weighted by molar-refractivity contribution is 6.39. The number of rotatable bonds is 5. The molecule has 20 heavy (non-hydrogen) atoms. The fourth-order valence-electron chi connectivity index (χ4n) is 1.41. The third kappa shape index (κ3) is 4.43. The number of methoxy groups -OCH3 is 2. The molecule has 0 aliphatic heterocycles. The molecule has 1 aromatic rings. The lowest BCUT2D eigenvalue weighted by Gasteiger charge is -2.12. The van der Waals surface area contributed by atoms with Gasteiger partial charge in [0.2, 0.25) is 0 Å². The molecule has 0 saturated carbocycles. The summed E-state index contributed by atoms with van der Waals surface area (Å²) < 4.78 is 10.1. The summed E-state index contributed by atoms with van der Waals surface area (Å²) in [6.45, 7) is 1.50. The van der Waals surface area contributed by atoms with Gasteiger partial charge < -0.3 is 25.2 Å². The molecule has 7 heteroatoms. The van der Waals surface area contributed by atoms with Gasteiger partial charge in [-0.1, -0.05) is 0 Å². The molecule has 1 rings (SSSR count). The maximum atomic E-state index is 11.7. The first-order valence-corrected chi connectivity index (χ1v) is 5.97. The van der Waals surface area contributed by atoms with Gasteiger partial charge in [0.15, 0.2) is 0 Å². The smallest absolute Gasteiger partial charge is 0.313 e. The Bertz CT molecular complexity index is 488. The van der Waals surface area contributed by atoms with E-state index in [-0.39, 0.29) is 6.54 Å². The van der Waals surface area contributed by atoms with Gasteiger partial charge in [-0.25, -0.2) is 0 Å². The molecule has 1 atom stereocenters. The van der Waals surface area contributed by atoms with Gasteiger partial charge >= 0.3 is 11.8 Å². The highest BCUT2D eigenvalue weighted by Crippen LogP contribution is 2.28. The monoisotopic (exact) mass is 282 g/mol. The predicted molar refractivity (Wildman–Crippen MR) is 72.9 cm³/mol. The second-order valence-electron chi connectivity index (χ2n) is 4.08. The summed E-state index contributed by atoms with van der Waals surface area (Å²) >= 11 is 0. The quantitative estimate of drug-likeness (QED) is 0.667. The molecule has 2 amide bonds. The van der Waals surface area contributed by atoms with Gasteiger partial charge in [0, 0.05) is 12.6 Å². The molecular formula is C13H18N2O5. The Hall–Kier alpha value is -2.28. The van der Waals surface area contributed by atoms with Crippen molar-refractivity contribution < 1.29 is 24.2 Å². The Morgan fingerprint density at radius 3 is 2.50 bits per heavy atom. The van der Waals surface area contributed by atoms with Gasteiger partial charge in [0.05, 0.1) is 26.0 Å². The molecule has 7 nitrogen and oxygen atoms in total. The number of anilines is 1. The average molecular weight is 282 g/mol. The van der Waals surface area contributed by atoms with E-state index in [0.717, 1.165) is 0 Å². The zero-order valence-corrected chi connectivity index (χ0v) is 11.6. The van der Waals surface area contributed by atoms with Crippen molar-refractivity contribution in [2.45, 2.75) is 13.0 Å². The summed E-state index contributed by atoms with van der Waals surface area (Å²) in [4.78, 5) is 23.2. The number of carbonyl (C=O) groups excluding carboxylic acids is 2. The minimum Gasteiger partial charge on any atom is -0.497 e. The molecule has 0 saturated heterocycles. The van der Waals surface area contributed by atoms with Gasteiger partial charge in [-0.2, -0.15) is 0 Å². The number of aliphatic hydroxyl groups is 1. The minimum atomic E-state index is -0.850. The van der Waals surface area contributed by atoms with Crippen LogP contribution in [0.4, 0.5) is 5.69 Å². The van der Waals surface area contributed by atoms with Crippen LogP contribution in [0.3, 0.4) is 0 Å². The normalized spacial score (nSPS) is 11.4. The first-order chi connectivity index (χ1) is 9.47. The number of ether oxygens (including phenoxy) is 2. The van der Waals surface area contributed by atoms with Gasteiger partial charge in [0.25, 0.3) is 0 Å². The molecule has 0 bridgehead atoms. The molecular weight excluding hydrogens is 264 g/mol. The average Bonchev–Trinajstić information content (AvgIpc) is 2.44. The standard InChI is InChI=1S/C13H18N2O5/c1-8(16)7-14-12(17)13(18)15-10-6-9(19-2)4-5-11(10)20-3/h4-6,8,16H,7H2,1-3H3,(H,14,17)(H,15,18)/t8-/m1/s1. The Kier molecular flexibility index (Phi) is 5.79. The third-order valence-electron chi connectivity index (χ3n) is 2.42. The predicted octanol–water partition coefficient (Wildman–Crippen LogP) is 0.139. The SMILES string of the molecule is COc1ccc(OC)c(NC(=O)C(=O)NC[C@@H](C)O)c1. The van der Waals surface area contributed by atoms with Gasteiger partial charge in [-0.3, -0.25) is 9.59 Å². The zero-order valence-electron chi connectivity index (χ0n) is 11.6. The van der Waals surface area contributed by atoms with E-state index >= 15 is 0 Å². The van der Waals surface area contributed by atoms with Crippen LogP contribution >= 0.6 is 0 Å². The number of carbonyl (C=O) groups is 2. The number of nitrogens with one attached hydrogen (secondary N) is 2. The van der Waals surface area contributed by atoms with E-state index in [9.17, 15) is 9.59 Å². The van der Waals surface area contributed by atoms with Crippen LogP contribution in [0.15, 0.2) is 18.2 Å². The first kappa shape index (κ1) is 15.8. The Labute approximate surface area is 116 Å². The molecule has 0 radical (unpaired) electrons. The molecule has 0 aliphatic carbocycles. The molecule has 1 aromatic carbocycles. The molecule has 0 fully saturated rings. The summed E-state index contributed by atoms with van der Waals surface area (Å²) in [6, 6.07) is 4.82. The van der Waals surface area contributed by atoms with E-state index in [1.165, 1.54) is 21.1 Å². The van der Waals surface area contributed by atoms with Crippen LogP contribution in [-0.4, -0.2) is 43.8 Å². The number of hydrogen-bond acceptors (Lipinski definition) is 5. The summed E-state index contributed by atoms with van der Waals surface area (Å²) in [5, 5.41) is 13.8. The van der Waals surface area contributed by atoms with Crippen molar-refractivity contribution in [3.05, 3.63) is 18.2 Å². The fourth-order valence-corrected chi connectivity index (χ4v) is 1.41. The van der Waals surface area contributed by atoms with E-state index in [0.29, 0.717) is 17.2 Å². The largest absolute Gasteiger partial charge is 0.497 e. The molecule has 0 spiro atoms. The number of aliphatic hydroxyl groups excluding tert-OH is 1. The number of hydrogen-bond donors (Lipinski definition) is 3. The van der Waals surface area contributed by atoms with Crippen molar-refractivity contribution in [2.24, 2.45) is 0 Å². The zero-order chi connectivity index (χ0) is 15.1. The second kappa shape index (κ2) is 7.34. The molecule has 0 aromatic heterocycles. The minimum absolute atomic E-state index is 0.00149. The summed E-state index contributed by atoms with van der Waals surface area (Å²) in [5.74, 6) is -0.763. The van der Waals surface area contributed by atoms with Gasteiger partial charge in [-0.15, -0.1) is 0 Å². The Morgan fingerprint density at radius 1 is 1.25 bits per heavy atom. The van der Waals surface area contributed by atoms with E-state index < -0.39 is 17.9 Å². The number of benzene rings is 1. The van der Waals surface area contributed by atoms with Crippen LogP contribution < -0.4 is 20.1 Å². The van der Waals surface area contributed by atoms with Crippen molar-refractivity contribution in [2.75, 3.05) is 26.1 Å². The van der Waals surface area contributed by atoms with Crippen molar-refractivity contribution in [3.8, 4) is 11.5 Å². The number of amides is 2. The molecule has 0 heterocycles. The Morgan fingerprint density at radius 2 is 1.95 bits per heavy atom. The van der Waals surface area contributed by atoms with Crippen LogP contribution in [-0.2, 0) is 9.59 Å². The molecule has 0 unspecified atom stereocenters. The van der Waals surface area contributed by atoms with E-state index in [2.05, 4.69) is 10.6 Å². The first-order valence-electron chi connectivity index (χ1n) is 5.97. The van der Waals surface area contributed by atoms with Gasteiger partial charge in [0.1, 0.15) is 11.5 Å². The second-order valence-corrected chi connectivity index (χ2v) is 4.08. The molecule has 0 aliphatic rings. The van der Waals surface area contributed by atoms with Crippen LogP contribution in [0.5, 0.6) is 11.5 Å². The summed E-state index contributed by atoms with van der Waals surface area (Å²) in [7, 11) is 2.94. The van der Waals surface area contributed by atoms with Crippen molar-refractivity contribution in [1.82, 2.24) is 5.32 Å². The topological polar surface area (TPSA) is 96.9 Å². The maximum absolute atomic E-state index is 11.7. The fraction of sp³-hybridized carbons (Fsp3) is 0.385. The highest BCUT2D eigenvalue weighted by Gasteiger charge is 2.16. The van der Waals surface area contributed by atoms with Crippen LogP contribution in [0.2, 0.25) is 0 Å². The van der Waals surface area contributed by atoms with Crippen LogP contribution in [0, 0.1) is 0 Å². The molecule has 110 valence electrons. The Balaban J connectivity index is 2.76. The van der Waals surface area contributed by atoms with E-state index in [4.69, 9.17) is 14.6 Å².